The molecule has 0 saturated carbocycles. The Morgan fingerprint density at radius 1 is 1.08 bits per heavy atom. The standard InChI is InChI=1S/C21H30N4O/c1-17-6-2-3-7-21(17)25-12-18(10-22-25)11-24-14-19(20(15-24)16-26)13-23-8-4-5-9-23/h2-3,6-7,10,12,19-20,26H,4-5,8-9,11,13-16H2,1H3/t19-,20-/m1/s1. The third-order valence-electron chi connectivity index (χ3n) is 5.98. The van der Waals surface area contributed by atoms with Gasteiger partial charge in [0.2, 0.25) is 0 Å². The molecule has 2 aliphatic heterocycles. The molecule has 0 aliphatic carbocycles. The lowest BCUT2D eigenvalue weighted by Gasteiger charge is -2.23. The van der Waals surface area contributed by atoms with Crippen molar-refractivity contribution < 1.29 is 5.11 Å². The van der Waals surface area contributed by atoms with E-state index in [0.717, 1.165) is 31.9 Å². The number of benzene rings is 1. The smallest absolute Gasteiger partial charge is 0.0674 e. The van der Waals surface area contributed by atoms with Crippen LogP contribution in [0.15, 0.2) is 36.7 Å². The van der Waals surface area contributed by atoms with Crippen molar-refractivity contribution in [3.63, 3.8) is 0 Å². The fourth-order valence-electron chi connectivity index (χ4n) is 4.53. The van der Waals surface area contributed by atoms with E-state index in [2.05, 4.69) is 52.3 Å². The van der Waals surface area contributed by atoms with Crippen molar-refractivity contribution in [2.75, 3.05) is 39.3 Å². The second kappa shape index (κ2) is 7.91. The Morgan fingerprint density at radius 3 is 2.62 bits per heavy atom. The minimum atomic E-state index is 0.303. The van der Waals surface area contributed by atoms with Gasteiger partial charge in [-0.25, -0.2) is 4.68 Å². The van der Waals surface area contributed by atoms with Crippen LogP contribution in [0.1, 0.15) is 24.0 Å². The molecule has 1 N–H and O–H groups in total. The highest BCUT2D eigenvalue weighted by Crippen LogP contribution is 2.27. The van der Waals surface area contributed by atoms with Gasteiger partial charge in [-0.15, -0.1) is 0 Å². The van der Waals surface area contributed by atoms with Crippen LogP contribution in [0.25, 0.3) is 5.69 Å². The Labute approximate surface area is 156 Å². The molecule has 4 rings (SSSR count). The fraction of sp³-hybridized carbons (Fsp3) is 0.571. The number of aromatic nitrogens is 2. The van der Waals surface area contributed by atoms with Gasteiger partial charge in [0.1, 0.15) is 0 Å². The summed E-state index contributed by atoms with van der Waals surface area (Å²) in [5.74, 6) is 0.992. The molecule has 140 valence electrons. The first kappa shape index (κ1) is 17.7. The van der Waals surface area contributed by atoms with Gasteiger partial charge in [-0.2, -0.15) is 5.10 Å². The van der Waals surface area contributed by atoms with Crippen molar-refractivity contribution in [1.82, 2.24) is 19.6 Å². The molecule has 2 fully saturated rings. The lowest BCUT2D eigenvalue weighted by Crippen LogP contribution is -2.31. The number of hydrogen-bond donors (Lipinski definition) is 1. The van der Waals surface area contributed by atoms with Crippen LogP contribution >= 0.6 is 0 Å². The Balaban J connectivity index is 1.39. The van der Waals surface area contributed by atoms with Crippen LogP contribution < -0.4 is 0 Å². The number of para-hydroxylation sites is 1. The van der Waals surface area contributed by atoms with Crippen LogP contribution in [0.4, 0.5) is 0 Å². The molecule has 2 aliphatic rings. The predicted molar refractivity (Wildman–Crippen MR) is 103 cm³/mol. The minimum Gasteiger partial charge on any atom is -0.396 e. The predicted octanol–water partition coefficient (Wildman–Crippen LogP) is 2.32. The Bertz CT molecular complexity index is 722. The molecule has 0 amide bonds. The minimum absolute atomic E-state index is 0.303. The molecular weight excluding hydrogens is 324 g/mol. The van der Waals surface area contributed by atoms with Crippen molar-refractivity contribution in [1.29, 1.82) is 0 Å². The van der Waals surface area contributed by atoms with E-state index in [1.807, 2.05) is 10.9 Å². The second-order valence-corrected chi connectivity index (χ2v) is 7.98. The van der Waals surface area contributed by atoms with Gasteiger partial charge in [0.25, 0.3) is 0 Å². The summed E-state index contributed by atoms with van der Waals surface area (Å²) in [7, 11) is 0. The van der Waals surface area contributed by atoms with Crippen molar-refractivity contribution in [2.24, 2.45) is 11.8 Å². The maximum atomic E-state index is 9.82. The van der Waals surface area contributed by atoms with Gasteiger partial charge in [0.15, 0.2) is 0 Å². The zero-order valence-electron chi connectivity index (χ0n) is 15.7. The van der Waals surface area contributed by atoms with Gasteiger partial charge >= 0.3 is 0 Å². The highest BCUT2D eigenvalue weighted by atomic mass is 16.3. The molecule has 2 aromatic rings. The van der Waals surface area contributed by atoms with E-state index in [1.54, 1.807) is 0 Å². The summed E-state index contributed by atoms with van der Waals surface area (Å²) in [6, 6.07) is 8.34. The summed E-state index contributed by atoms with van der Waals surface area (Å²) in [5.41, 5.74) is 3.61. The van der Waals surface area contributed by atoms with E-state index in [-0.39, 0.29) is 0 Å². The summed E-state index contributed by atoms with van der Waals surface area (Å²) in [6.07, 6.45) is 6.79. The van der Waals surface area contributed by atoms with Crippen LogP contribution in [-0.4, -0.2) is 64.0 Å². The van der Waals surface area contributed by atoms with Crippen molar-refractivity contribution >= 4 is 0 Å². The average Bonchev–Trinajstić information content (AvgIpc) is 3.38. The Hall–Kier alpha value is -1.69. The second-order valence-electron chi connectivity index (χ2n) is 7.98. The van der Waals surface area contributed by atoms with Crippen LogP contribution in [-0.2, 0) is 6.54 Å². The number of hydrogen-bond acceptors (Lipinski definition) is 4. The molecule has 1 aromatic carbocycles. The quantitative estimate of drug-likeness (QED) is 0.865. The Kier molecular flexibility index (Phi) is 5.38. The van der Waals surface area contributed by atoms with Crippen LogP contribution in [0.3, 0.4) is 0 Å². The molecule has 5 nitrogen and oxygen atoms in total. The topological polar surface area (TPSA) is 44.5 Å². The number of aryl methyl sites for hydroxylation is 1. The highest BCUT2D eigenvalue weighted by Gasteiger charge is 2.33. The zero-order chi connectivity index (χ0) is 17.9. The summed E-state index contributed by atoms with van der Waals surface area (Å²) >= 11 is 0. The first-order valence-electron chi connectivity index (χ1n) is 9.88. The third kappa shape index (κ3) is 3.85. The SMILES string of the molecule is Cc1ccccc1-n1cc(CN2C[C@@H](CN3CCCC3)[C@@H](CO)C2)cn1. The highest BCUT2D eigenvalue weighted by molar-refractivity contribution is 5.39. The van der Waals surface area contributed by atoms with E-state index in [9.17, 15) is 5.11 Å². The lowest BCUT2D eigenvalue weighted by molar-refractivity contribution is 0.175. The van der Waals surface area contributed by atoms with Gasteiger partial charge in [0.05, 0.1) is 11.9 Å². The summed E-state index contributed by atoms with van der Waals surface area (Å²) in [6.45, 7) is 9.02. The molecule has 2 atom stereocenters. The van der Waals surface area contributed by atoms with Gasteiger partial charge in [-0.05, 0) is 56.3 Å². The van der Waals surface area contributed by atoms with Gasteiger partial charge in [-0.1, -0.05) is 18.2 Å². The molecule has 0 bridgehead atoms. The molecule has 5 heteroatoms. The molecule has 0 radical (unpaired) electrons. The van der Waals surface area contributed by atoms with Crippen LogP contribution in [0.2, 0.25) is 0 Å². The van der Waals surface area contributed by atoms with Gasteiger partial charge in [-0.3, -0.25) is 4.90 Å². The Morgan fingerprint density at radius 2 is 1.85 bits per heavy atom. The summed E-state index contributed by atoms with van der Waals surface area (Å²) < 4.78 is 1.98. The largest absolute Gasteiger partial charge is 0.396 e. The summed E-state index contributed by atoms with van der Waals surface area (Å²) in [5, 5.41) is 14.4. The average molecular weight is 354 g/mol. The maximum Gasteiger partial charge on any atom is 0.0674 e. The maximum absolute atomic E-state index is 9.82. The van der Waals surface area contributed by atoms with Crippen molar-refractivity contribution in [3.8, 4) is 5.69 Å². The number of aliphatic hydroxyl groups excluding tert-OH is 1. The fourth-order valence-corrected chi connectivity index (χ4v) is 4.53. The molecule has 3 heterocycles. The van der Waals surface area contributed by atoms with Gasteiger partial charge in [0, 0.05) is 44.5 Å². The van der Waals surface area contributed by atoms with Crippen molar-refractivity contribution in [3.05, 3.63) is 47.8 Å². The lowest BCUT2D eigenvalue weighted by atomic mass is 9.96. The van der Waals surface area contributed by atoms with E-state index in [4.69, 9.17) is 0 Å². The molecule has 0 unspecified atom stereocenters. The molecule has 0 spiro atoms. The first-order valence-corrected chi connectivity index (χ1v) is 9.88. The number of rotatable bonds is 6. The number of aliphatic hydroxyl groups is 1. The van der Waals surface area contributed by atoms with Crippen LogP contribution in [0, 0.1) is 18.8 Å². The van der Waals surface area contributed by atoms with E-state index < -0.39 is 0 Å². The van der Waals surface area contributed by atoms with E-state index in [0.29, 0.717) is 18.4 Å². The zero-order valence-corrected chi connectivity index (χ0v) is 15.7. The first-order chi connectivity index (χ1) is 12.7. The van der Waals surface area contributed by atoms with E-state index in [1.165, 1.54) is 37.1 Å². The van der Waals surface area contributed by atoms with E-state index >= 15 is 0 Å². The molecule has 26 heavy (non-hydrogen) atoms. The third-order valence-corrected chi connectivity index (χ3v) is 5.98. The normalized spacial score (nSPS) is 24.5. The van der Waals surface area contributed by atoms with Gasteiger partial charge < -0.3 is 10.0 Å². The molecular formula is C21H30N4O. The number of nitrogens with zero attached hydrogens (tertiary/aromatic N) is 4. The molecule has 1 aromatic heterocycles. The molecule has 2 saturated heterocycles. The van der Waals surface area contributed by atoms with Crippen LogP contribution in [0.5, 0.6) is 0 Å². The summed E-state index contributed by atoms with van der Waals surface area (Å²) in [4.78, 5) is 5.06. The number of likely N-dealkylation sites (tertiary alicyclic amines) is 2. The van der Waals surface area contributed by atoms with Crippen molar-refractivity contribution in [2.45, 2.75) is 26.3 Å². The monoisotopic (exact) mass is 354 g/mol.